The standard InChI is InChI=1S/C9H9IN2/c1-2-12-6-11-8-4-3-7(10)5-9(8)12/h3-6H,2H2,1H3. The third-order valence-electron chi connectivity index (χ3n) is 1.92. The zero-order valence-electron chi connectivity index (χ0n) is 6.79. The fourth-order valence-corrected chi connectivity index (χ4v) is 1.76. The molecule has 2 aromatic rings. The first-order chi connectivity index (χ1) is 5.81. The molecule has 0 aliphatic heterocycles. The number of rotatable bonds is 1. The smallest absolute Gasteiger partial charge is 0.0958 e. The van der Waals surface area contributed by atoms with Crippen LogP contribution in [-0.2, 0) is 6.54 Å². The van der Waals surface area contributed by atoms with Gasteiger partial charge in [0.2, 0.25) is 0 Å². The normalized spacial score (nSPS) is 10.8. The summed E-state index contributed by atoms with van der Waals surface area (Å²) in [7, 11) is 0. The van der Waals surface area contributed by atoms with Gasteiger partial charge < -0.3 is 4.57 Å². The second kappa shape index (κ2) is 3.05. The zero-order valence-corrected chi connectivity index (χ0v) is 8.95. The Hall–Kier alpha value is -0.580. The highest BCUT2D eigenvalue weighted by Gasteiger charge is 1.99. The van der Waals surface area contributed by atoms with Crippen molar-refractivity contribution in [2.75, 3.05) is 0 Å². The van der Waals surface area contributed by atoms with Crippen molar-refractivity contribution in [1.82, 2.24) is 9.55 Å². The molecule has 0 atom stereocenters. The number of aryl methyl sites for hydroxylation is 1. The molecule has 1 aromatic heterocycles. The monoisotopic (exact) mass is 272 g/mol. The van der Waals surface area contributed by atoms with Crippen LogP contribution in [0.15, 0.2) is 24.5 Å². The van der Waals surface area contributed by atoms with Crippen LogP contribution >= 0.6 is 22.6 Å². The van der Waals surface area contributed by atoms with E-state index in [-0.39, 0.29) is 0 Å². The summed E-state index contributed by atoms with van der Waals surface area (Å²) >= 11 is 2.32. The lowest BCUT2D eigenvalue weighted by atomic mass is 10.3. The quantitative estimate of drug-likeness (QED) is 0.730. The van der Waals surface area contributed by atoms with E-state index >= 15 is 0 Å². The summed E-state index contributed by atoms with van der Waals surface area (Å²) in [5.74, 6) is 0. The Labute approximate surface area is 84.7 Å². The van der Waals surface area contributed by atoms with Gasteiger partial charge >= 0.3 is 0 Å². The number of hydrogen-bond donors (Lipinski definition) is 0. The topological polar surface area (TPSA) is 17.8 Å². The van der Waals surface area contributed by atoms with Gasteiger partial charge in [0.05, 0.1) is 17.4 Å². The van der Waals surface area contributed by atoms with E-state index in [1.54, 1.807) is 0 Å². The lowest BCUT2D eigenvalue weighted by molar-refractivity contribution is 0.787. The van der Waals surface area contributed by atoms with E-state index in [0.717, 1.165) is 12.1 Å². The van der Waals surface area contributed by atoms with Gasteiger partial charge in [0.1, 0.15) is 0 Å². The fourth-order valence-electron chi connectivity index (χ4n) is 1.28. The Bertz CT molecular complexity index is 406. The number of nitrogens with zero attached hydrogens (tertiary/aromatic N) is 2. The Morgan fingerprint density at radius 1 is 1.50 bits per heavy atom. The highest BCUT2D eigenvalue weighted by Crippen LogP contribution is 2.15. The molecule has 0 bridgehead atoms. The Morgan fingerprint density at radius 2 is 2.33 bits per heavy atom. The van der Waals surface area contributed by atoms with Crippen molar-refractivity contribution >= 4 is 33.6 Å². The maximum absolute atomic E-state index is 4.29. The van der Waals surface area contributed by atoms with Gasteiger partial charge in [-0.3, -0.25) is 0 Å². The van der Waals surface area contributed by atoms with Crippen molar-refractivity contribution < 1.29 is 0 Å². The minimum Gasteiger partial charge on any atom is -0.331 e. The molecule has 0 spiro atoms. The van der Waals surface area contributed by atoms with Crippen molar-refractivity contribution in [2.45, 2.75) is 13.5 Å². The average molecular weight is 272 g/mol. The Balaban J connectivity index is 2.75. The molecule has 0 unspecified atom stereocenters. The molecule has 1 heterocycles. The molecule has 12 heavy (non-hydrogen) atoms. The molecule has 0 N–H and O–H groups in total. The summed E-state index contributed by atoms with van der Waals surface area (Å²) in [6, 6.07) is 6.30. The van der Waals surface area contributed by atoms with Crippen molar-refractivity contribution in [3.05, 3.63) is 28.1 Å². The predicted octanol–water partition coefficient (Wildman–Crippen LogP) is 2.66. The number of fused-ring (bicyclic) bond motifs is 1. The predicted molar refractivity (Wildman–Crippen MR) is 58.1 cm³/mol. The van der Waals surface area contributed by atoms with Crippen LogP contribution in [0, 0.1) is 3.57 Å². The average Bonchev–Trinajstić information content (AvgIpc) is 2.46. The van der Waals surface area contributed by atoms with Crippen LogP contribution < -0.4 is 0 Å². The highest BCUT2D eigenvalue weighted by molar-refractivity contribution is 14.1. The van der Waals surface area contributed by atoms with Gasteiger partial charge in [-0.2, -0.15) is 0 Å². The molecule has 1 aromatic carbocycles. The summed E-state index contributed by atoms with van der Waals surface area (Å²) in [6.45, 7) is 3.11. The molecule has 0 saturated carbocycles. The number of benzene rings is 1. The molecule has 3 heteroatoms. The van der Waals surface area contributed by atoms with Crippen LogP contribution in [0.1, 0.15) is 6.92 Å². The van der Waals surface area contributed by atoms with Gasteiger partial charge in [-0.05, 0) is 47.7 Å². The number of aromatic nitrogens is 2. The van der Waals surface area contributed by atoms with E-state index in [1.165, 1.54) is 9.09 Å². The van der Waals surface area contributed by atoms with Crippen LogP contribution in [-0.4, -0.2) is 9.55 Å². The molecule has 0 aliphatic rings. The number of hydrogen-bond acceptors (Lipinski definition) is 1. The summed E-state index contributed by atoms with van der Waals surface area (Å²) in [5.41, 5.74) is 2.31. The molecule has 0 saturated heterocycles. The maximum atomic E-state index is 4.29. The van der Waals surface area contributed by atoms with Gasteiger partial charge in [0.25, 0.3) is 0 Å². The molecule has 0 fully saturated rings. The van der Waals surface area contributed by atoms with Gasteiger partial charge in [0, 0.05) is 10.1 Å². The van der Waals surface area contributed by atoms with E-state index in [2.05, 4.69) is 57.3 Å². The molecule has 0 radical (unpaired) electrons. The Kier molecular flexibility index (Phi) is 2.04. The Morgan fingerprint density at radius 3 is 3.08 bits per heavy atom. The lowest BCUT2D eigenvalue weighted by Gasteiger charge is -1.97. The summed E-state index contributed by atoms with van der Waals surface area (Å²) < 4.78 is 3.41. The first kappa shape index (κ1) is 8.04. The number of imidazole rings is 1. The second-order valence-corrected chi connectivity index (χ2v) is 3.91. The molecular formula is C9H9IN2. The van der Waals surface area contributed by atoms with E-state index < -0.39 is 0 Å². The third kappa shape index (κ3) is 1.22. The zero-order chi connectivity index (χ0) is 8.55. The summed E-state index contributed by atoms with van der Waals surface area (Å²) in [5, 5.41) is 0. The molecule has 2 nitrogen and oxygen atoms in total. The molecular weight excluding hydrogens is 263 g/mol. The van der Waals surface area contributed by atoms with E-state index in [0.29, 0.717) is 0 Å². The van der Waals surface area contributed by atoms with Crippen LogP contribution in [0.3, 0.4) is 0 Å². The SMILES string of the molecule is CCn1cnc2ccc(I)cc21. The molecule has 2 rings (SSSR count). The van der Waals surface area contributed by atoms with Crippen molar-refractivity contribution in [3.63, 3.8) is 0 Å². The first-order valence-corrected chi connectivity index (χ1v) is 4.99. The molecule has 0 amide bonds. The molecule has 62 valence electrons. The van der Waals surface area contributed by atoms with E-state index in [1.807, 2.05) is 6.33 Å². The first-order valence-electron chi connectivity index (χ1n) is 3.91. The maximum Gasteiger partial charge on any atom is 0.0958 e. The van der Waals surface area contributed by atoms with E-state index in [4.69, 9.17) is 0 Å². The number of halogens is 1. The van der Waals surface area contributed by atoms with Crippen molar-refractivity contribution in [1.29, 1.82) is 0 Å². The van der Waals surface area contributed by atoms with Crippen LogP contribution in [0.25, 0.3) is 11.0 Å². The van der Waals surface area contributed by atoms with E-state index in [9.17, 15) is 0 Å². The minimum absolute atomic E-state index is 0.983. The molecule has 0 aliphatic carbocycles. The largest absolute Gasteiger partial charge is 0.331 e. The van der Waals surface area contributed by atoms with Gasteiger partial charge in [0.15, 0.2) is 0 Å². The van der Waals surface area contributed by atoms with Crippen LogP contribution in [0.5, 0.6) is 0 Å². The van der Waals surface area contributed by atoms with Gasteiger partial charge in [-0.15, -0.1) is 0 Å². The van der Waals surface area contributed by atoms with Crippen LogP contribution in [0.4, 0.5) is 0 Å². The summed E-state index contributed by atoms with van der Waals surface area (Å²) in [4.78, 5) is 4.29. The van der Waals surface area contributed by atoms with Crippen molar-refractivity contribution in [3.8, 4) is 0 Å². The summed E-state index contributed by atoms with van der Waals surface area (Å²) in [6.07, 6.45) is 1.89. The van der Waals surface area contributed by atoms with Crippen LogP contribution in [0.2, 0.25) is 0 Å². The second-order valence-electron chi connectivity index (χ2n) is 2.66. The fraction of sp³-hybridized carbons (Fsp3) is 0.222. The third-order valence-corrected chi connectivity index (χ3v) is 2.59. The van der Waals surface area contributed by atoms with Gasteiger partial charge in [-0.25, -0.2) is 4.98 Å². The highest BCUT2D eigenvalue weighted by atomic mass is 127. The van der Waals surface area contributed by atoms with Gasteiger partial charge in [-0.1, -0.05) is 0 Å². The van der Waals surface area contributed by atoms with Crippen molar-refractivity contribution in [2.24, 2.45) is 0 Å². The minimum atomic E-state index is 0.983. The lowest BCUT2D eigenvalue weighted by Crippen LogP contribution is -1.90.